The van der Waals surface area contributed by atoms with Gasteiger partial charge >= 0.3 is 0 Å². The first-order valence-corrected chi connectivity index (χ1v) is 5.78. The van der Waals surface area contributed by atoms with Gasteiger partial charge in [-0.25, -0.2) is 4.39 Å². The Hall–Kier alpha value is -0.890. The van der Waals surface area contributed by atoms with Crippen molar-refractivity contribution < 1.29 is 4.39 Å². The van der Waals surface area contributed by atoms with Crippen molar-refractivity contribution in [2.45, 2.75) is 38.1 Å². The summed E-state index contributed by atoms with van der Waals surface area (Å²) in [6, 6.07) is 6.73. The van der Waals surface area contributed by atoms with E-state index in [0.29, 0.717) is 5.92 Å². The van der Waals surface area contributed by atoms with Gasteiger partial charge in [0.15, 0.2) is 0 Å². The number of benzene rings is 1. The van der Waals surface area contributed by atoms with Gasteiger partial charge in [-0.1, -0.05) is 31.4 Å². The predicted octanol–water partition coefficient (Wildman–Crippen LogP) is 3.41. The molecule has 0 saturated heterocycles. The Bertz CT molecular complexity index is 318. The molecule has 0 radical (unpaired) electrons. The normalized spacial score (nSPS) is 20.1. The van der Waals surface area contributed by atoms with E-state index >= 15 is 0 Å². The molecule has 2 rings (SSSR count). The fourth-order valence-corrected chi connectivity index (χ4v) is 2.48. The number of rotatable bonds is 2. The van der Waals surface area contributed by atoms with Crippen molar-refractivity contribution in [3.8, 4) is 0 Å². The fraction of sp³-hybridized carbons (Fsp3) is 0.538. The van der Waals surface area contributed by atoms with Gasteiger partial charge in [0.1, 0.15) is 5.82 Å². The van der Waals surface area contributed by atoms with Crippen LogP contribution in [0.4, 0.5) is 4.39 Å². The molecular formula is C13H18FN. The van der Waals surface area contributed by atoms with Crippen LogP contribution in [-0.4, -0.2) is 0 Å². The number of hydrogen-bond acceptors (Lipinski definition) is 1. The van der Waals surface area contributed by atoms with Gasteiger partial charge in [-0.05, 0) is 36.5 Å². The molecule has 1 nitrogen and oxygen atoms in total. The summed E-state index contributed by atoms with van der Waals surface area (Å²) in [5.41, 5.74) is 7.12. The molecule has 1 fully saturated rings. The summed E-state index contributed by atoms with van der Waals surface area (Å²) in [4.78, 5) is 0. The summed E-state index contributed by atoms with van der Waals surface area (Å²) in [5.74, 6) is 0.360. The Labute approximate surface area is 90.5 Å². The van der Waals surface area contributed by atoms with Gasteiger partial charge in [-0.3, -0.25) is 0 Å². The van der Waals surface area contributed by atoms with Crippen molar-refractivity contribution >= 4 is 0 Å². The molecule has 0 aromatic heterocycles. The highest BCUT2D eigenvalue weighted by molar-refractivity contribution is 5.20. The molecule has 82 valence electrons. The SMILES string of the molecule is N[C@@H](c1cccc(F)c1)C1CCCCC1. The maximum atomic E-state index is 13.0. The Morgan fingerprint density at radius 2 is 1.93 bits per heavy atom. The van der Waals surface area contributed by atoms with Gasteiger partial charge in [-0.2, -0.15) is 0 Å². The third-order valence-corrected chi connectivity index (χ3v) is 3.39. The van der Waals surface area contributed by atoms with Gasteiger partial charge in [0.25, 0.3) is 0 Å². The molecular weight excluding hydrogens is 189 g/mol. The number of hydrogen-bond donors (Lipinski definition) is 1. The molecule has 1 atom stereocenters. The average Bonchev–Trinajstić information content (AvgIpc) is 2.29. The monoisotopic (exact) mass is 207 g/mol. The lowest BCUT2D eigenvalue weighted by atomic mass is 9.81. The van der Waals surface area contributed by atoms with E-state index in [4.69, 9.17) is 5.73 Å². The minimum atomic E-state index is -0.182. The van der Waals surface area contributed by atoms with Crippen molar-refractivity contribution in [2.75, 3.05) is 0 Å². The molecule has 15 heavy (non-hydrogen) atoms. The summed E-state index contributed by atoms with van der Waals surface area (Å²) in [6.45, 7) is 0. The molecule has 0 bridgehead atoms. The van der Waals surface area contributed by atoms with E-state index < -0.39 is 0 Å². The smallest absolute Gasteiger partial charge is 0.123 e. The Morgan fingerprint density at radius 3 is 2.60 bits per heavy atom. The van der Waals surface area contributed by atoms with E-state index in [-0.39, 0.29) is 11.9 Å². The van der Waals surface area contributed by atoms with Gasteiger partial charge in [-0.15, -0.1) is 0 Å². The van der Waals surface area contributed by atoms with Gasteiger partial charge in [0, 0.05) is 6.04 Å². The highest BCUT2D eigenvalue weighted by atomic mass is 19.1. The molecule has 1 aromatic rings. The maximum absolute atomic E-state index is 13.0. The molecule has 0 unspecified atom stereocenters. The van der Waals surface area contributed by atoms with Crippen LogP contribution in [0.3, 0.4) is 0 Å². The molecule has 0 heterocycles. The minimum Gasteiger partial charge on any atom is -0.324 e. The lowest BCUT2D eigenvalue weighted by molar-refractivity contribution is 0.308. The van der Waals surface area contributed by atoms with E-state index in [1.165, 1.54) is 38.2 Å². The van der Waals surface area contributed by atoms with Crippen LogP contribution in [0.15, 0.2) is 24.3 Å². The summed E-state index contributed by atoms with van der Waals surface area (Å²) in [6.07, 6.45) is 6.25. The standard InChI is InChI=1S/C13H18FN/c14-12-8-4-7-11(9-12)13(15)10-5-2-1-3-6-10/h4,7-10,13H,1-3,5-6,15H2/t13-/m1/s1. The second kappa shape index (κ2) is 4.75. The molecule has 0 spiro atoms. The van der Waals surface area contributed by atoms with Gasteiger partial charge in [0.2, 0.25) is 0 Å². The van der Waals surface area contributed by atoms with Crippen molar-refractivity contribution in [3.63, 3.8) is 0 Å². The van der Waals surface area contributed by atoms with Gasteiger partial charge < -0.3 is 5.73 Å². The predicted molar refractivity (Wildman–Crippen MR) is 59.9 cm³/mol. The molecule has 2 N–H and O–H groups in total. The van der Waals surface area contributed by atoms with E-state index in [1.54, 1.807) is 12.1 Å². The summed E-state index contributed by atoms with van der Waals surface area (Å²) >= 11 is 0. The largest absolute Gasteiger partial charge is 0.324 e. The van der Waals surface area contributed by atoms with Gasteiger partial charge in [0.05, 0.1) is 0 Å². The van der Waals surface area contributed by atoms with E-state index in [9.17, 15) is 4.39 Å². The summed E-state index contributed by atoms with van der Waals surface area (Å²) in [5, 5.41) is 0. The van der Waals surface area contributed by atoms with Crippen molar-refractivity contribution in [1.82, 2.24) is 0 Å². The molecule has 2 heteroatoms. The number of nitrogens with two attached hydrogens (primary N) is 1. The Balaban J connectivity index is 2.08. The van der Waals surface area contributed by atoms with E-state index in [2.05, 4.69) is 0 Å². The lowest BCUT2D eigenvalue weighted by Gasteiger charge is -2.27. The van der Waals surface area contributed by atoms with Crippen LogP contribution in [0.5, 0.6) is 0 Å². The Morgan fingerprint density at radius 1 is 1.20 bits per heavy atom. The molecule has 0 aliphatic heterocycles. The topological polar surface area (TPSA) is 26.0 Å². The van der Waals surface area contributed by atoms with Crippen molar-refractivity contribution in [3.05, 3.63) is 35.6 Å². The minimum absolute atomic E-state index is 0.0148. The van der Waals surface area contributed by atoms with E-state index in [1.807, 2.05) is 6.07 Å². The Kier molecular flexibility index (Phi) is 3.37. The molecule has 1 aromatic carbocycles. The second-order valence-corrected chi connectivity index (χ2v) is 4.48. The lowest BCUT2D eigenvalue weighted by Crippen LogP contribution is -2.23. The summed E-state index contributed by atoms with van der Waals surface area (Å²) < 4.78 is 13.0. The van der Waals surface area contributed by atoms with Crippen LogP contribution in [-0.2, 0) is 0 Å². The zero-order valence-electron chi connectivity index (χ0n) is 8.95. The van der Waals surface area contributed by atoms with E-state index in [0.717, 1.165) is 5.56 Å². The first-order valence-electron chi connectivity index (χ1n) is 5.78. The third-order valence-electron chi connectivity index (χ3n) is 3.39. The van der Waals surface area contributed by atoms with Crippen molar-refractivity contribution in [2.24, 2.45) is 11.7 Å². The molecule has 1 saturated carbocycles. The molecule has 1 aliphatic carbocycles. The van der Waals surface area contributed by atoms with Crippen molar-refractivity contribution in [1.29, 1.82) is 0 Å². The molecule has 1 aliphatic rings. The quantitative estimate of drug-likeness (QED) is 0.790. The van der Waals surface area contributed by atoms with Crippen LogP contribution >= 0.6 is 0 Å². The van der Waals surface area contributed by atoms with Crippen LogP contribution in [0.25, 0.3) is 0 Å². The highest BCUT2D eigenvalue weighted by Crippen LogP contribution is 2.32. The number of halogens is 1. The van der Waals surface area contributed by atoms with Crippen LogP contribution in [0, 0.1) is 11.7 Å². The summed E-state index contributed by atoms with van der Waals surface area (Å²) in [7, 11) is 0. The third kappa shape index (κ3) is 2.57. The second-order valence-electron chi connectivity index (χ2n) is 4.48. The average molecular weight is 207 g/mol. The first kappa shape index (κ1) is 10.6. The zero-order chi connectivity index (χ0) is 10.7. The maximum Gasteiger partial charge on any atom is 0.123 e. The van der Waals surface area contributed by atoms with Crippen LogP contribution < -0.4 is 5.73 Å². The molecule has 0 amide bonds. The fourth-order valence-electron chi connectivity index (χ4n) is 2.48. The van der Waals surface area contributed by atoms with Crippen LogP contribution in [0.2, 0.25) is 0 Å². The van der Waals surface area contributed by atoms with Crippen LogP contribution in [0.1, 0.15) is 43.7 Å². The first-order chi connectivity index (χ1) is 7.27. The zero-order valence-corrected chi connectivity index (χ0v) is 8.95. The highest BCUT2D eigenvalue weighted by Gasteiger charge is 2.21.